The maximum absolute atomic E-state index is 11.7. The van der Waals surface area contributed by atoms with Crippen molar-refractivity contribution in [3.05, 3.63) is 0 Å². The molecule has 0 aromatic heterocycles. The van der Waals surface area contributed by atoms with Gasteiger partial charge in [-0.15, -0.1) is 0 Å². The monoisotopic (exact) mass is 241 g/mol. The summed E-state index contributed by atoms with van der Waals surface area (Å²) in [7, 11) is 0. The number of aliphatic hydroxyl groups is 1. The molecule has 1 unspecified atom stereocenters. The molecule has 0 spiro atoms. The van der Waals surface area contributed by atoms with Gasteiger partial charge in [0.25, 0.3) is 5.91 Å². The summed E-state index contributed by atoms with van der Waals surface area (Å²) in [5.74, 6) is -0.547. The average molecular weight is 241 g/mol. The molecule has 2 heterocycles. The SMILES string of the molecule is O=C1CCC(C(=O)NCC2(O)CCOC2)=NN1. The summed E-state index contributed by atoms with van der Waals surface area (Å²) in [5, 5.41) is 16.2. The van der Waals surface area contributed by atoms with Crippen molar-refractivity contribution in [2.24, 2.45) is 5.10 Å². The number of hydrogen-bond donors (Lipinski definition) is 3. The number of nitrogens with one attached hydrogen (secondary N) is 2. The highest BCUT2D eigenvalue weighted by Crippen LogP contribution is 2.16. The molecule has 0 bridgehead atoms. The molecule has 1 saturated heterocycles. The van der Waals surface area contributed by atoms with Crippen LogP contribution in [0.15, 0.2) is 5.10 Å². The van der Waals surface area contributed by atoms with Crippen LogP contribution in [0.2, 0.25) is 0 Å². The second kappa shape index (κ2) is 4.80. The summed E-state index contributed by atoms with van der Waals surface area (Å²) >= 11 is 0. The maximum atomic E-state index is 11.7. The molecule has 0 radical (unpaired) electrons. The Morgan fingerprint density at radius 1 is 1.59 bits per heavy atom. The van der Waals surface area contributed by atoms with Gasteiger partial charge in [0.05, 0.1) is 6.61 Å². The largest absolute Gasteiger partial charge is 0.386 e. The van der Waals surface area contributed by atoms with Gasteiger partial charge in [-0.3, -0.25) is 9.59 Å². The number of amides is 2. The minimum absolute atomic E-state index is 0.138. The Kier molecular flexibility index (Phi) is 3.39. The van der Waals surface area contributed by atoms with Gasteiger partial charge >= 0.3 is 0 Å². The normalized spacial score (nSPS) is 28.5. The molecule has 7 nitrogen and oxygen atoms in total. The number of rotatable bonds is 3. The number of ether oxygens (including phenoxy) is 1. The van der Waals surface area contributed by atoms with Crippen LogP contribution in [0.4, 0.5) is 0 Å². The Hall–Kier alpha value is -1.47. The topological polar surface area (TPSA) is 100 Å². The van der Waals surface area contributed by atoms with Crippen LogP contribution in [0, 0.1) is 0 Å². The Labute approximate surface area is 98.2 Å². The molecule has 7 heteroatoms. The number of hydrogen-bond acceptors (Lipinski definition) is 5. The molecule has 2 amide bonds. The van der Waals surface area contributed by atoms with E-state index in [1.807, 2.05) is 0 Å². The highest BCUT2D eigenvalue weighted by Gasteiger charge is 2.33. The zero-order chi connectivity index (χ0) is 12.3. The third-order valence-electron chi connectivity index (χ3n) is 2.83. The molecule has 2 aliphatic rings. The van der Waals surface area contributed by atoms with E-state index in [-0.39, 0.29) is 37.1 Å². The molecule has 3 N–H and O–H groups in total. The third-order valence-corrected chi connectivity index (χ3v) is 2.83. The number of carbonyl (C=O) groups excluding carboxylic acids is 2. The summed E-state index contributed by atoms with van der Waals surface area (Å²) in [6.07, 6.45) is 1.10. The van der Waals surface area contributed by atoms with Crippen molar-refractivity contribution >= 4 is 17.5 Å². The standard InChI is InChI=1S/C10H15N3O4/c14-8-2-1-7(12-13-8)9(15)11-5-10(16)3-4-17-6-10/h16H,1-6H2,(H,11,15)(H,13,14). The Bertz CT molecular complexity index is 361. The first-order chi connectivity index (χ1) is 8.09. The van der Waals surface area contributed by atoms with Gasteiger partial charge in [-0.2, -0.15) is 5.10 Å². The van der Waals surface area contributed by atoms with Crippen LogP contribution in [-0.2, 0) is 14.3 Å². The third kappa shape index (κ3) is 3.01. The lowest BCUT2D eigenvalue weighted by Crippen LogP contribution is -2.46. The fourth-order valence-electron chi connectivity index (χ4n) is 1.72. The van der Waals surface area contributed by atoms with Crippen molar-refractivity contribution in [3.63, 3.8) is 0 Å². The van der Waals surface area contributed by atoms with E-state index in [2.05, 4.69) is 15.8 Å². The quantitative estimate of drug-likeness (QED) is 0.561. The zero-order valence-electron chi connectivity index (χ0n) is 9.36. The predicted octanol–water partition coefficient (Wildman–Crippen LogP) is -1.48. The molecule has 2 rings (SSSR count). The first kappa shape index (κ1) is 12.0. The lowest BCUT2D eigenvalue weighted by atomic mass is 10.0. The molecule has 17 heavy (non-hydrogen) atoms. The second-order valence-corrected chi connectivity index (χ2v) is 4.30. The van der Waals surface area contributed by atoms with Crippen LogP contribution in [0.1, 0.15) is 19.3 Å². The number of nitrogens with zero attached hydrogens (tertiary/aromatic N) is 1. The van der Waals surface area contributed by atoms with Crippen molar-refractivity contribution in [1.29, 1.82) is 0 Å². The zero-order valence-corrected chi connectivity index (χ0v) is 9.36. The van der Waals surface area contributed by atoms with Gasteiger partial charge in [0.1, 0.15) is 11.3 Å². The van der Waals surface area contributed by atoms with Crippen LogP contribution < -0.4 is 10.7 Å². The molecule has 1 atom stereocenters. The van der Waals surface area contributed by atoms with E-state index in [0.717, 1.165) is 0 Å². The summed E-state index contributed by atoms with van der Waals surface area (Å²) < 4.78 is 5.06. The van der Waals surface area contributed by atoms with E-state index >= 15 is 0 Å². The molecule has 0 aromatic rings. The van der Waals surface area contributed by atoms with Crippen molar-refractivity contribution in [1.82, 2.24) is 10.7 Å². The van der Waals surface area contributed by atoms with Gasteiger partial charge in [0.15, 0.2) is 0 Å². The Morgan fingerprint density at radius 2 is 2.41 bits per heavy atom. The highest BCUT2D eigenvalue weighted by molar-refractivity contribution is 6.39. The second-order valence-electron chi connectivity index (χ2n) is 4.30. The van der Waals surface area contributed by atoms with E-state index in [9.17, 15) is 14.7 Å². The predicted molar refractivity (Wildman–Crippen MR) is 58.2 cm³/mol. The molecular formula is C10H15N3O4. The lowest BCUT2D eigenvalue weighted by molar-refractivity contribution is -0.121. The van der Waals surface area contributed by atoms with E-state index in [1.165, 1.54) is 0 Å². The van der Waals surface area contributed by atoms with E-state index < -0.39 is 5.60 Å². The van der Waals surface area contributed by atoms with Crippen molar-refractivity contribution in [2.45, 2.75) is 24.9 Å². The lowest BCUT2D eigenvalue weighted by Gasteiger charge is -2.21. The molecule has 0 saturated carbocycles. The van der Waals surface area contributed by atoms with Crippen LogP contribution in [0.5, 0.6) is 0 Å². The minimum atomic E-state index is -0.978. The Balaban J connectivity index is 1.83. The smallest absolute Gasteiger partial charge is 0.267 e. The van der Waals surface area contributed by atoms with Crippen LogP contribution in [0.3, 0.4) is 0 Å². The summed E-state index contributed by atoms with van der Waals surface area (Å²) in [4.78, 5) is 22.5. The molecule has 1 fully saturated rings. The van der Waals surface area contributed by atoms with E-state index in [0.29, 0.717) is 19.4 Å². The fraction of sp³-hybridized carbons (Fsp3) is 0.700. The van der Waals surface area contributed by atoms with E-state index in [4.69, 9.17) is 4.74 Å². The first-order valence-corrected chi connectivity index (χ1v) is 5.53. The van der Waals surface area contributed by atoms with Crippen LogP contribution in [0.25, 0.3) is 0 Å². The number of carbonyl (C=O) groups is 2. The average Bonchev–Trinajstić information content (AvgIpc) is 2.75. The summed E-state index contributed by atoms with van der Waals surface area (Å²) in [6.45, 7) is 0.874. The van der Waals surface area contributed by atoms with Crippen molar-refractivity contribution < 1.29 is 19.4 Å². The molecular weight excluding hydrogens is 226 g/mol. The van der Waals surface area contributed by atoms with Crippen molar-refractivity contribution in [2.75, 3.05) is 19.8 Å². The van der Waals surface area contributed by atoms with Gasteiger partial charge in [0, 0.05) is 32.4 Å². The maximum Gasteiger partial charge on any atom is 0.267 e. The summed E-state index contributed by atoms with van der Waals surface area (Å²) in [6, 6.07) is 0. The van der Waals surface area contributed by atoms with Crippen LogP contribution >= 0.6 is 0 Å². The summed E-state index contributed by atoms with van der Waals surface area (Å²) in [5.41, 5.74) is 1.56. The van der Waals surface area contributed by atoms with Crippen molar-refractivity contribution in [3.8, 4) is 0 Å². The van der Waals surface area contributed by atoms with Crippen LogP contribution in [-0.4, -0.2) is 48.0 Å². The fourth-order valence-corrected chi connectivity index (χ4v) is 1.72. The first-order valence-electron chi connectivity index (χ1n) is 5.53. The van der Waals surface area contributed by atoms with Gasteiger partial charge < -0.3 is 15.2 Å². The Morgan fingerprint density at radius 3 is 3.00 bits per heavy atom. The molecule has 0 aromatic carbocycles. The van der Waals surface area contributed by atoms with Gasteiger partial charge in [-0.25, -0.2) is 5.43 Å². The molecule has 2 aliphatic heterocycles. The van der Waals surface area contributed by atoms with Gasteiger partial charge in [-0.1, -0.05) is 0 Å². The molecule has 94 valence electrons. The van der Waals surface area contributed by atoms with Gasteiger partial charge in [0.2, 0.25) is 5.91 Å². The number of hydrazone groups is 1. The van der Waals surface area contributed by atoms with Gasteiger partial charge in [-0.05, 0) is 0 Å². The van der Waals surface area contributed by atoms with E-state index in [1.54, 1.807) is 0 Å². The highest BCUT2D eigenvalue weighted by atomic mass is 16.5. The molecule has 0 aliphatic carbocycles. The minimum Gasteiger partial charge on any atom is -0.386 e.